The summed E-state index contributed by atoms with van der Waals surface area (Å²) in [6.07, 6.45) is 1.55. The summed E-state index contributed by atoms with van der Waals surface area (Å²) < 4.78 is 5.75. The van der Waals surface area contributed by atoms with Crippen molar-refractivity contribution in [2.75, 3.05) is 25.6 Å². The van der Waals surface area contributed by atoms with Crippen LogP contribution in [0.3, 0.4) is 0 Å². The fraction of sp³-hybridized carbons (Fsp3) is 0.0952. The molecular weight excluding hydrogens is 382 g/mol. The molecule has 1 amide bonds. The van der Waals surface area contributed by atoms with Gasteiger partial charge in [-0.3, -0.25) is 4.79 Å². The summed E-state index contributed by atoms with van der Waals surface area (Å²) in [6.45, 7) is 0. The lowest BCUT2D eigenvalue weighted by molar-refractivity contribution is 0.0827. The molecule has 0 saturated carbocycles. The Morgan fingerprint density at radius 3 is 2.37 bits per heavy atom. The molecule has 0 aliphatic heterocycles. The van der Waals surface area contributed by atoms with Crippen molar-refractivity contribution >= 4 is 17.4 Å². The van der Waals surface area contributed by atoms with Crippen LogP contribution in [0.2, 0.25) is 0 Å². The fourth-order valence-electron chi connectivity index (χ4n) is 2.86. The Hall–Kier alpha value is -4.27. The van der Waals surface area contributed by atoms with E-state index in [1.165, 1.54) is 4.90 Å². The molecule has 0 aliphatic rings. The zero-order valence-electron chi connectivity index (χ0n) is 16.4. The minimum absolute atomic E-state index is 0.0794. The first-order chi connectivity index (χ1) is 14.4. The van der Waals surface area contributed by atoms with Crippen LogP contribution in [0.5, 0.6) is 0 Å². The maximum atomic E-state index is 12.1. The number of hydrogen-bond acceptors (Lipinski definition) is 8. The van der Waals surface area contributed by atoms with Gasteiger partial charge in [-0.2, -0.15) is 0 Å². The molecule has 4 aromatic rings. The molecule has 0 unspecified atom stereocenters. The molecule has 2 aromatic carbocycles. The van der Waals surface area contributed by atoms with E-state index in [4.69, 9.17) is 15.9 Å². The predicted molar refractivity (Wildman–Crippen MR) is 113 cm³/mol. The molecule has 4 rings (SSSR count). The molecular formula is C21H19N7O2. The number of nitrogen functional groups attached to an aromatic ring is 2. The van der Waals surface area contributed by atoms with Gasteiger partial charge in [0.15, 0.2) is 11.5 Å². The predicted octanol–water partition coefficient (Wildman–Crippen LogP) is 2.73. The number of benzene rings is 2. The van der Waals surface area contributed by atoms with E-state index in [0.29, 0.717) is 22.5 Å². The second-order valence-electron chi connectivity index (χ2n) is 6.77. The minimum Gasteiger partial charge on any atom is -0.414 e. The number of carbonyl (C=O) groups is 1. The number of para-hydroxylation sites is 1. The third-order valence-corrected chi connectivity index (χ3v) is 4.45. The summed E-state index contributed by atoms with van der Waals surface area (Å²) in [7, 11) is 3.41. The Kier molecular flexibility index (Phi) is 4.85. The van der Waals surface area contributed by atoms with Crippen LogP contribution in [0.25, 0.3) is 34.3 Å². The van der Waals surface area contributed by atoms with E-state index in [9.17, 15) is 4.79 Å². The van der Waals surface area contributed by atoms with Crippen LogP contribution in [-0.4, -0.2) is 45.1 Å². The number of nitrogens with zero attached hydrogens (tertiary/aromatic N) is 5. The first kappa shape index (κ1) is 19.1. The largest absolute Gasteiger partial charge is 0.414 e. The van der Waals surface area contributed by atoms with Crippen molar-refractivity contribution in [3.63, 3.8) is 0 Å². The van der Waals surface area contributed by atoms with Crippen LogP contribution >= 0.6 is 0 Å². The van der Waals surface area contributed by atoms with Crippen molar-refractivity contribution in [3.05, 3.63) is 60.3 Å². The van der Waals surface area contributed by atoms with Crippen LogP contribution in [0, 0.1) is 0 Å². The summed E-state index contributed by atoms with van der Waals surface area (Å²) in [5, 5.41) is 8.10. The van der Waals surface area contributed by atoms with Crippen LogP contribution in [-0.2, 0) is 0 Å². The van der Waals surface area contributed by atoms with Crippen molar-refractivity contribution in [1.29, 1.82) is 0 Å². The normalized spacial score (nSPS) is 10.7. The first-order valence-corrected chi connectivity index (χ1v) is 9.07. The van der Waals surface area contributed by atoms with E-state index in [2.05, 4.69) is 20.2 Å². The van der Waals surface area contributed by atoms with Gasteiger partial charge >= 0.3 is 0 Å². The van der Waals surface area contributed by atoms with Crippen LogP contribution in [0.15, 0.2) is 59.1 Å². The summed E-state index contributed by atoms with van der Waals surface area (Å²) in [6, 6.07) is 14.2. The minimum atomic E-state index is -0.0794. The van der Waals surface area contributed by atoms with Crippen LogP contribution in [0.1, 0.15) is 10.4 Å². The highest BCUT2D eigenvalue weighted by Gasteiger charge is 2.18. The molecule has 150 valence electrons. The van der Waals surface area contributed by atoms with Crippen molar-refractivity contribution in [2.45, 2.75) is 0 Å². The Bertz CT molecular complexity index is 1220. The molecule has 0 spiro atoms. The average Bonchev–Trinajstić information content (AvgIpc) is 3.23. The maximum Gasteiger partial charge on any atom is 0.270 e. The summed E-state index contributed by atoms with van der Waals surface area (Å²) in [4.78, 5) is 22.3. The van der Waals surface area contributed by atoms with Gasteiger partial charge in [0.2, 0.25) is 5.89 Å². The number of aromatic nitrogens is 4. The summed E-state index contributed by atoms with van der Waals surface area (Å²) in [5.41, 5.74) is 15.3. The molecule has 4 N–H and O–H groups in total. The van der Waals surface area contributed by atoms with E-state index < -0.39 is 0 Å². The molecule has 0 saturated heterocycles. The topological polar surface area (TPSA) is 137 Å². The zero-order valence-corrected chi connectivity index (χ0v) is 16.4. The van der Waals surface area contributed by atoms with E-state index in [1.54, 1.807) is 56.7 Å². The van der Waals surface area contributed by atoms with Crippen molar-refractivity contribution in [2.24, 2.45) is 0 Å². The molecule has 0 atom stereocenters. The van der Waals surface area contributed by atoms with Gasteiger partial charge in [-0.1, -0.05) is 24.3 Å². The van der Waals surface area contributed by atoms with Crippen LogP contribution < -0.4 is 11.5 Å². The number of carbonyl (C=O) groups excluding carboxylic acids is 1. The van der Waals surface area contributed by atoms with Gasteiger partial charge in [0.25, 0.3) is 11.8 Å². The molecule has 0 aliphatic carbocycles. The second kappa shape index (κ2) is 7.63. The zero-order chi connectivity index (χ0) is 21.3. The summed E-state index contributed by atoms with van der Waals surface area (Å²) >= 11 is 0. The highest BCUT2D eigenvalue weighted by atomic mass is 16.4. The molecule has 2 aromatic heterocycles. The Morgan fingerprint density at radius 1 is 0.967 bits per heavy atom. The average molecular weight is 401 g/mol. The van der Waals surface area contributed by atoms with E-state index >= 15 is 0 Å². The second-order valence-corrected chi connectivity index (χ2v) is 6.77. The van der Waals surface area contributed by atoms with Gasteiger partial charge in [0.1, 0.15) is 0 Å². The van der Waals surface area contributed by atoms with Gasteiger partial charge in [-0.15, -0.1) is 10.2 Å². The smallest absolute Gasteiger partial charge is 0.270 e. The van der Waals surface area contributed by atoms with E-state index in [1.807, 2.05) is 12.1 Å². The van der Waals surface area contributed by atoms with Gasteiger partial charge in [0, 0.05) is 30.9 Å². The number of nitrogens with two attached hydrogens (primary N) is 2. The van der Waals surface area contributed by atoms with E-state index in [0.717, 1.165) is 5.56 Å². The highest BCUT2D eigenvalue weighted by Crippen LogP contribution is 2.30. The number of hydrogen-bond donors (Lipinski definition) is 2. The fourth-order valence-corrected chi connectivity index (χ4v) is 2.86. The number of amides is 1. The third kappa shape index (κ3) is 3.55. The standard InChI is InChI=1S/C21H19N7O2/c1-28(2)21(29)13-9-7-12(8-10-13)16-11-24-18(23)17(25-16)20-27-26-19(30-20)14-5-3-4-6-15(14)22/h3-11H,22H2,1-2H3,(H2,23,24). The molecule has 0 fully saturated rings. The van der Waals surface area contributed by atoms with Crippen molar-refractivity contribution < 1.29 is 9.21 Å². The van der Waals surface area contributed by atoms with Gasteiger partial charge < -0.3 is 20.8 Å². The van der Waals surface area contributed by atoms with Gasteiger partial charge in [-0.05, 0) is 24.3 Å². The molecule has 2 heterocycles. The number of rotatable bonds is 4. The van der Waals surface area contributed by atoms with Gasteiger partial charge in [0.05, 0.1) is 17.5 Å². The Balaban J connectivity index is 1.68. The lowest BCUT2D eigenvalue weighted by Crippen LogP contribution is -2.21. The SMILES string of the molecule is CN(C)C(=O)c1ccc(-c2cnc(N)c(-c3nnc(-c4ccccc4N)o3)n2)cc1. The molecule has 0 bridgehead atoms. The monoisotopic (exact) mass is 401 g/mol. The molecule has 9 nitrogen and oxygen atoms in total. The molecule has 0 radical (unpaired) electrons. The van der Waals surface area contributed by atoms with Crippen LogP contribution in [0.4, 0.5) is 11.5 Å². The summed E-state index contributed by atoms with van der Waals surface area (Å²) in [5.74, 6) is 0.486. The van der Waals surface area contributed by atoms with Crippen molar-refractivity contribution in [1.82, 2.24) is 25.1 Å². The molecule has 30 heavy (non-hydrogen) atoms. The Morgan fingerprint density at radius 2 is 1.67 bits per heavy atom. The van der Waals surface area contributed by atoms with E-state index in [-0.39, 0.29) is 29.2 Å². The first-order valence-electron chi connectivity index (χ1n) is 9.07. The third-order valence-electron chi connectivity index (χ3n) is 4.45. The quantitative estimate of drug-likeness (QED) is 0.498. The maximum absolute atomic E-state index is 12.1. The lowest BCUT2D eigenvalue weighted by Gasteiger charge is -2.10. The van der Waals surface area contributed by atoms with Crippen molar-refractivity contribution in [3.8, 4) is 34.3 Å². The highest BCUT2D eigenvalue weighted by molar-refractivity contribution is 5.94. The lowest BCUT2D eigenvalue weighted by atomic mass is 10.1. The molecule has 9 heteroatoms. The number of anilines is 2. The van der Waals surface area contributed by atoms with Gasteiger partial charge in [-0.25, -0.2) is 9.97 Å². The Labute approximate surface area is 172 Å².